The molecule has 5 nitrogen and oxygen atoms in total. The van der Waals surface area contributed by atoms with Gasteiger partial charge in [-0.1, -0.05) is 153 Å². The van der Waals surface area contributed by atoms with Crippen LogP contribution < -0.4 is 0 Å². The molecule has 8 aromatic carbocycles. The lowest BCUT2D eigenvalue weighted by atomic mass is 9.67. The van der Waals surface area contributed by atoms with Crippen LogP contribution in [-0.2, 0) is 0 Å². The summed E-state index contributed by atoms with van der Waals surface area (Å²) in [5, 5.41) is 10.2. The van der Waals surface area contributed by atoms with E-state index in [0.717, 1.165) is 71.7 Å². The molecule has 2 aliphatic rings. The summed E-state index contributed by atoms with van der Waals surface area (Å²) < 4.78 is 9.60. The first-order valence-corrected chi connectivity index (χ1v) is 20.9. The van der Waals surface area contributed by atoms with E-state index < -0.39 is 0 Å². The van der Waals surface area contributed by atoms with Gasteiger partial charge in [0.25, 0.3) is 0 Å². The second-order valence-electron chi connectivity index (χ2n) is 16.6. The van der Waals surface area contributed by atoms with Crippen molar-refractivity contribution in [2.24, 2.45) is 5.41 Å². The second-order valence-corrected chi connectivity index (χ2v) is 16.6. The summed E-state index contributed by atoms with van der Waals surface area (Å²) in [5.74, 6) is 1.99. The van der Waals surface area contributed by atoms with Crippen LogP contribution in [0.1, 0.15) is 24.1 Å². The molecule has 0 aliphatic heterocycles. The van der Waals surface area contributed by atoms with Crippen molar-refractivity contribution >= 4 is 71.2 Å². The van der Waals surface area contributed by atoms with E-state index in [4.69, 9.17) is 19.4 Å². The first-order valence-electron chi connectivity index (χ1n) is 20.9. The van der Waals surface area contributed by atoms with Crippen molar-refractivity contribution in [2.75, 3.05) is 0 Å². The van der Waals surface area contributed by atoms with Gasteiger partial charge in [-0.05, 0) is 86.4 Å². The normalized spacial score (nSPS) is 17.0. The molecule has 2 aliphatic carbocycles. The quantitative estimate of drug-likeness (QED) is 0.178. The van der Waals surface area contributed by atoms with Gasteiger partial charge in [-0.2, -0.15) is 0 Å². The van der Waals surface area contributed by atoms with E-state index in [1.807, 2.05) is 18.2 Å². The Hall–Kier alpha value is -7.89. The van der Waals surface area contributed by atoms with Crippen molar-refractivity contribution in [1.29, 1.82) is 0 Å². The van der Waals surface area contributed by atoms with Gasteiger partial charge in [0, 0.05) is 44.2 Å². The monoisotopic (exact) mass is 780 g/mol. The smallest absolute Gasteiger partial charge is 0.164 e. The minimum absolute atomic E-state index is 0.136. The van der Waals surface area contributed by atoms with E-state index in [0.29, 0.717) is 17.5 Å². The van der Waals surface area contributed by atoms with Crippen molar-refractivity contribution in [3.63, 3.8) is 0 Å². The molecule has 3 heterocycles. The molecule has 2 unspecified atom stereocenters. The van der Waals surface area contributed by atoms with Crippen LogP contribution in [0.5, 0.6) is 0 Å². The van der Waals surface area contributed by atoms with Gasteiger partial charge in [0.05, 0.1) is 16.9 Å². The first-order chi connectivity index (χ1) is 30.1. The Bertz CT molecular complexity index is 3740. The topological polar surface area (TPSA) is 56.7 Å². The van der Waals surface area contributed by atoms with Crippen LogP contribution in [0.2, 0.25) is 0 Å². The number of allylic oxidation sites excluding steroid dienone is 5. The van der Waals surface area contributed by atoms with Gasteiger partial charge in [0.2, 0.25) is 0 Å². The van der Waals surface area contributed by atoms with E-state index >= 15 is 0 Å². The third-order valence-electron chi connectivity index (χ3n) is 13.0. The Morgan fingerprint density at radius 3 is 1.95 bits per heavy atom. The number of hydrogen-bond acceptors (Lipinski definition) is 4. The molecule has 2 atom stereocenters. The van der Waals surface area contributed by atoms with Crippen LogP contribution in [0.3, 0.4) is 0 Å². The first kappa shape index (κ1) is 34.0. The van der Waals surface area contributed by atoms with E-state index in [2.05, 4.69) is 187 Å². The highest BCUT2D eigenvalue weighted by Gasteiger charge is 2.38. The molecule has 0 saturated heterocycles. The average Bonchev–Trinajstić information content (AvgIpc) is 3.84. The zero-order valence-electron chi connectivity index (χ0n) is 33.2. The molecule has 61 heavy (non-hydrogen) atoms. The number of aromatic nitrogens is 4. The predicted molar refractivity (Wildman–Crippen MR) is 251 cm³/mol. The number of rotatable bonds is 4. The fourth-order valence-electron chi connectivity index (χ4n) is 9.93. The standard InChI is InChI=1S/C56H36N4O/c1-56-27-12-11-21-45(56)51-43-30-37-17-7-9-19-39(37)32-48(43)60(46(51)26-28-56)47-25-24-42(50-44-31-38-18-8-10-20-40(38)33-49(44)61-52(47)50)55-58-53(35-14-3-2-4-15-35)57-54(59-55)41-23-22-34-13-5-6-16-36(34)29-41/h2-33,45H,1H3. The molecule has 11 aromatic rings. The van der Waals surface area contributed by atoms with Crippen LogP contribution >= 0.6 is 0 Å². The molecule has 0 spiro atoms. The highest BCUT2D eigenvalue weighted by atomic mass is 16.3. The summed E-state index contributed by atoms with van der Waals surface area (Å²) in [4.78, 5) is 15.7. The maximum absolute atomic E-state index is 7.17. The molecule has 286 valence electrons. The SMILES string of the molecule is CC12C=CC=CC1c1c(n(-c3ccc(-c4nc(-c5ccccc5)nc(-c5ccc6ccccc6c5)n4)c4c3oc3cc5ccccc5cc34)c3cc4ccccc4cc13)C=C2. The minimum Gasteiger partial charge on any atom is -0.454 e. The summed E-state index contributed by atoms with van der Waals surface area (Å²) in [6, 6.07) is 55.7. The molecule has 0 radical (unpaired) electrons. The van der Waals surface area contributed by atoms with Gasteiger partial charge in [0.1, 0.15) is 5.58 Å². The Morgan fingerprint density at radius 1 is 0.541 bits per heavy atom. The lowest BCUT2D eigenvalue weighted by Crippen LogP contribution is -2.24. The van der Waals surface area contributed by atoms with Crippen LogP contribution in [-0.4, -0.2) is 19.5 Å². The highest BCUT2D eigenvalue weighted by Crippen LogP contribution is 2.52. The predicted octanol–water partition coefficient (Wildman–Crippen LogP) is 14.4. The number of hydrogen-bond donors (Lipinski definition) is 0. The summed E-state index contributed by atoms with van der Waals surface area (Å²) in [7, 11) is 0. The second kappa shape index (κ2) is 12.8. The molecule has 5 heteroatoms. The Kier molecular flexibility index (Phi) is 7.14. The number of nitrogens with zero attached hydrogens (tertiary/aromatic N) is 4. The molecule has 0 fully saturated rings. The zero-order chi connectivity index (χ0) is 40.2. The zero-order valence-corrected chi connectivity index (χ0v) is 33.2. The summed E-state index contributed by atoms with van der Waals surface area (Å²) in [5.41, 5.74) is 8.80. The lowest BCUT2D eigenvalue weighted by Gasteiger charge is -2.36. The maximum atomic E-state index is 7.17. The van der Waals surface area contributed by atoms with Gasteiger partial charge < -0.3 is 8.98 Å². The summed E-state index contributed by atoms with van der Waals surface area (Å²) in [6.07, 6.45) is 13.8. The van der Waals surface area contributed by atoms with Crippen LogP contribution in [0.4, 0.5) is 0 Å². The van der Waals surface area contributed by atoms with Crippen LogP contribution in [0.15, 0.2) is 193 Å². The molecule has 0 N–H and O–H groups in total. The Balaban J connectivity index is 1.13. The van der Waals surface area contributed by atoms with Crippen molar-refractivity contribution < 1.29 is 4.42 Å². The van der Waals surface area contributed by atoms with Crippen LogP contribution in [0, 0.1) is 5.41 Å². The maximum Gasteiger partial charge on any atom is 0.164 e. The Labute approximate surface area is 351 Å². The third-order valence-corrected chi connectivity index (χ3v) is 13.0. The lowest BCUT2D eigenvalue weighted by molar-refractivity contribution is 0.481. The molecular weight excluding hydrogens is 745 g/mol. The number of furan rings is 1. The van der Waals surface area contributed by atoms with Crippen LogP contribution in [0.25, 0.3) is 111 Å². The fourth-order valence-corrected chi connectivity index (χ4v) is 9.93. The van der Waals surface area contributed by atoms with Crippen molar-refractivity contribution in [3.8, 4) is 39.9 Å². The highest BCUT2D eigenvalue weighted by molar-refractivity contribution is 6.17. The molecule has 3 aromatic heterocycles. The number of fused-ring (bicyclic) bond motifs is 11. The summed E-state index contributed by atoms with van der Waals surface area (Å²) in [6.45, 7) is 2.34. The van der Waals surface area contributed by atoms with Crippen molar-refractivity contribution in [3.05, 3.63) is 199 Å². The van der Waals surface area contributed by atoms with Gasteiger partial charge in [-0.15, -0.1) is 0 Å². The van der Waals surface area contributed by atoms with E-state index in [-0.39, 0.29) is 11.3 Å². The molecule has 13 rings (SSSR count). The fraction of sp³-hybridized carbons (Fsp3) is 0.0536. The largest absolute Gasteiger partial charge is 0.454 e. The molecule has 0 amide bonds. The van der Waals surface area contributed by atoms with E-state index in [1.54, 1.807) is 0 Å². The molecular formula is C56H36N4O. The van der Waals surface area contributed by atoms with Gasteiger partial charge in [-0.3, -0.25) is 0 Å². The van der Waals surface area contributed by atoms with Crippen molar-refractivity contribution in [1.82, 2.24) is 19.5 Å². The average molecular weight is 781 g/mol. The van der Waals surface area contributed by atoms with Gasteiger partial charge in [-0.25, -0.2) is 15.0 Å². The summed E-state index contributed by atoms with van der Waals surface area (Å²) >= 11 is 0. The van der Waals surface area contributed by atoms with E-state index in [9.17, 15) is 0 Å². The minimum atomic E-state index is -0.136. The van der Waals surface area contributed by atoms with Gasteiger partial charge in [0.15, 0.2) is 23.1 Å². The van der Waals surface area contributed by atoms with Gasteiger partial charge >= 0.3 is 0 Å². The van der Waals surface area contributed by atoms with E-state index in [1.165, 1.54) is 27.1 Å². The Morgan fingerprint density at radius 2 is 1.18 bits per heavy atom. The molecule has 0 bridgehead atoms. The third kappa shape index (κ3) is 5.17. The van der Waals surface area contributed by atoms with Crippen molar-refractivity contribution in [2.45, 2.75) is 12.8 Å². The molecule has 0 saturated carbocycles. The number of benzene rings is 8.